The molecule has 1 amide bonds. The summed E-state index contributed by atoms with van der Waals surface area (Å²) in [6.45, 7) is 18.0. The van der Waals surface area contributed by atoms with Crippen LogP contribution in [0.1, 0.15) is 126 Å². The first-order valence-corrected chi connectivity index (χ1v) is 23.7. The molecular formula is C50H80N2O13. The predicted molar refractivity (Wildman–Crippen MR) is 244 cm³/mol. The van der Waals surface area contributed by atoms with Crippen molar-refractivity contribution in [3.63, 3.8) is 0 Å². The Kier molecular flexibility index (Phi) is 20.1. The van der Waals surface area contributed by atoms with Gasteiger partial charge in [0.25, 0.3) is 11.7 Å². The average molecular weight is 917 g/mol. The molecule has 15 nitrogen and oxygen atoms in total. The zero-order valence-corrected chi connectivity index (χ0v) is 41.0. The number of hydrogen-bond donors (Lipinski definition) is 3. The molecule has 65 heavy (non-hydrogen) atoms. The summed E-state index contributed by atoms with van der Waals surface area (Å²) < 4.78 is 36.5. The normalized spacial score (nSPS) is 37.6. The van der Waals surface area contributed by atoms with Crippen LogP contribution in [0.5, 0.6) is 0 Å². The highest BCUT2D eigenvalue weighted by molar-refractivity contribution is 6.39. The number of ether oxygens (including phenoxy) is 6. The first-order valence-electron chi connectivity index (χ1n) is 23.7. The molecule has 368 valence electrons. The molecule has 2 bridgehead atoms. The lowest BCUT2D eigenvalue weighted by Gasteiger charge is -2.50. The van der Waals surface area contributed by atoms with E-state index in [1.807, 2.05) is 26.0 Å². The van der Waals surface area contributed by atoms with E-state index in [1.54, 1.807) is 62.0 Å². The lowest BCUT2D eigenvalue weighted by atomic mass is 9.80. The number of nitrogens with zero attached hydrogens (tertiary/aromatic N) is 1. The fraction of sp³-hybridized carbons (Fsp3) is 0.780. The zero-order chi connectivity index (χ0) is 48.4. The summed E-state index contributed by atoms with van der Waals surface area (Å²) in [6.07, 6.45) is 4.77. The van der Waals surface area contributed by atoms with Crippen molar-refractivity contribution in [2.45, 2.75) is 186 Å². The quantitative estimate of drug-likeness (QED) is 0.140. The first kappa shape index (κ1) is 54.3. The van der Waals surface area contributed by atoms with Crippen LogP contribution in [0.15, 0.2) is 36.0 Å². The number of aliphatic hydroxyl groups is 2. The molecule has 2 saturated heterocycles. The van der Waals surface area contributed by atoms with Gasteiger partial charge in [0.15, 0.2) is 5.72 Å². The molecule has 0 aromatic rings. The topological polar surface area (TPSA) is 196 Å². The third-order valence-electron chi connectivity index (χ3n) is 13.8. The third-order valence-corrected chi connectivity index (χ3v) is 13.8. The Labute approximate surface area is 387 Å². The molecule has 1 aliphatic carbocycles. The largest absolute Gasteiger partial charge is 0.459 e. The first-order chi connectivity index (χ1) is 30.6. The number of carbonyl (C=O) groups excluding carboxylic acids is 5. The number of nitrogens with one attached hydrogen (secondary N) is 1. The monoisotopic (exact) mass is 917 g/mol. The van der Waals surface area contributed by atoms with Gasteiger partial charge in [-0.25, -0.2) is 4.79 Å². The molecule has 14 atom stereocenters. The minimum atomic E-state index is -2.05. The number of rotatable bonds is 10. The lowest BCUT2D eigenvalue weighted by Crippen LogP contribution is -2.70. The van der Waals surface area contributed by atoms with Gasteiger partial charge in [0.1, 0.15) is 29.6 Å². The number of Topliss-reactive ketones (excluding diaryl/α,β-unsaturated/α-hetero) is 2. The van der Waals surface area contributed by atoms with E-state index >= 15 is 4.79 Å². The zero-order valence-electron chi connectivity index (χ0n) is 41.0. The van der Waals surface area contributed by atoms with Crippen molar-refractivity contribution in [2.24, 2.45) is 29.6 Å². The van der Waals surface area contributed by atoms with E-state index in [0.717, 1.165) is 5.57 Å². The van der Waals surface area contributed by atoms with Crippen molar-refractivity contribution in [3.05, 3.63) is 36.0 Å². The van der Waals surface area contributed by atoms with E-state index in [9.17, 15) is 29.4 Å². The Balaban J connectivity index is 1.86. The maximum absolute atomic E-state index is 15.2. The minimum absolute atomic E-state index is 0.0169. The summed E-state index contributed by atoms with van der Waals surface area (Å²) in [5, 5.41) is 25.4. The Morgan fingerprint density at radius 2 is 1.60 bits per heavy atom. The third kappa shape index (κ3) is 14.1. The number of cyclic esters (lactones) is 1. The van der Waals surface area contributed by atoms with Crippen LogP contribution in [0.25, 0.3) is 0 Å². The summed E-state index contributed by atoms with van der Waals surface area (Å²) in [6, 6.07) is -1.17. The summed E-state index contributed by atoms with van der Waals surface area (Å²) in [4.78, 5) is 73.3. The van der Waals surface area contributed by atoms with Crippen LogP contribution in [0.3, 0.4) is 0 Å². The highest BCUT2D eigenvalue weighted by Gasteiger charge is 2.57. The number of amides is 1. The molecular weight excluding hydrogens is 837 g/mol. The standard InChI is InChI=1S/C50H80N2O13/c1-13-16-35-22-29(2)21-30(3)23-41(61-11)45-42(62-12)25-32(5)50(65-45,51-28-43(56)64-49(7,8)9)46(57)47(58)52-20-15-14-17-36(52)48(59)63-44(33(6)38(54)27-39(35)55)31(4)24-34-18-19-37(53)40(26-34)60-10/h13,22,24,30,32-38,40-42,44-45,51,53-54H,1,14-21,23,25-28H2,2-12H3/b29-22+,31-24+/t30-,32+,33+,34-,35+,36-,37+,38-,40+,41-,42-,44+,45+,50+/m0/s1. The molecule has 0 spiro atoms. The highest BCUT2D eigenvalue weighted by Crippen LogP contribution is 2.40. The number of hydrogen-bond acceptors (Lipinski definition) is 14. The molecule has 0 unspecified atom stereocenters. The number of carbonyl (C=O) groups is 5. The van der Waals surface area contributed by atoms with Gasteiger partial charge in [-0.1, -0.05) is 44.6 Å². The number of esters is 2. The van der Waals surface area contributed by atoms with Crippen LogP contribution in [-0.4, -0.2) is 139 Å². The summed E-state index contributed by atoms with van der Waals surface area (Å²) in [5.41, 5.74) is -1.29. The number of piperidine rings is 1. The van der Waals surface area contributed by atoms with Gasteiger partial charge in [0.2, 0.25) is 0 Å². The number of allylic oxidation sites excluding steroid dienone is 4. The minimum Gasteiger partial charge on any atom is -0.459 e. The van der Waals surface area contributed by atoms with Gasteiger partial charge < -0.3 is 43.5 Å². The van der Waals surface area contributed by atoms with Crippen molar-refractivity contribution < 1.29 is 62.6 Å². The lowest BCUT2D eigenvalue weighted by molar-refractivity contribution is -0.243. The fourth-order valence-electron chi connectivity index (χ4n) is 10.3. The van der Waals surface area contributed by atoms with Crippen LogP contribution >= 0.6 is 0 Å². The van der Waals surface area contributed by atoms with Gasteiger partial charge in [-0.05, 0) is 116 Å². The Bertz CT molecular complexity index is 1720. The van der Waals surface area contributed by atoms with Crippen LogP contribution in [0.2, 0.25) is 0 Å². The molecule has 15 heteroatoms. The number of methoxy groups -OCH3 is 3. The molecule has 0 radical (unpaired) electrons. The molecule has 0 aromatic heterocycles. The molecule has 1 saturated carbocycles. The van der Waals surface area contributed by atoms with Gasteiger partial charge >= 0.3 is 11.9 Å². The van der Waals surface area contributed by atoms with Crippen molar-refractivity contribution >= 4 is 29.4 Å². The fourth-order valence-corrected chi connectivity index (χ4v) is 10.3. The van der Waals surface area contributed by atoms with Crippen LogP contribution in [-0.2, 0) is 52.4 Å². The molecule has 3 N–H and O–H groups in total. The second-order valence-corrected chi connectivity index (χ2v) is 20.3. The van der Waals surface area contributed by atoms with Crippen LogP contribution in [0, 0.1) is 29.6 Å². The van der Waals surface area contributed by atoms with Gasteiger partial charge in [-0.15, -0.1) is 6.58 Å². The number of fused-ring (bicyclic) bond motifs is 3. The maximum Gasteiger partial charge on any atom is 0.329 e. The van der Waals surface area contributed by atoms with E-state index in [1.165, 1.54) is 4.90 Å². The smallest absolute Gasteiger partial charge is 0.329 e. The number of aliphatic hydroxyl groups excluding tert-OH is 2. The van der Waals surface area contributed by atoms with Gasteiger partial charge in [0.05, 0.1) is 37.1 Å². The molecule has 3 aliphatic heterocycles. The van der Waals surface area contributed by atoms with Gasteiger partial charge in [-0.3, -0.25) is 24.5 Å². The highest BCUT2D eigenvalue weighted by atomic mass is 16.6. The molecule has 4 rings (SSSR count). The van der Waals surface area contributed by atoms with Gasteiger partial charge in [0, 0.05) is 52.0 Å². The van der Waals surface area contributed by atoms with Crippen molar-refractivity contribution in [2.75, 3.05) is 34.4 Å². The van der Waals surface area contributed by atoms with Gasteiger partial charge in [-0.2, -0.15) is 0 Å². The average Bonchev–Trinajstić information content (AvgIpc) is 3.25. The van der Waals surface area contributed by atoms with E-state index in [-0.39, 0.29) is 49.5 Å². The summed E-state index contributed by atoms with van der Waals surface area (Å²) in [7, 11) is 4.66. The molecule has 0 aromatic carbocycles. The second kappa shape index (κ2) is 24.1. The van der Waals surface area contributed by atoms with Crippen molar-refractivity contribution in [3.8, 4) is 0 Å². The Morgan fingerprint density at radius 1 is 0.938 bits per heavy atom. The van der Waals surface area contributed by atoms with E-state index in [0.29, 0.717) is 56.9 Å². The van der Waals surface area contributed by atoms with Crippen LogP contribution < -0.4 is 5.32 Å². The van der Waals surface area contributed by atoms with Crippen LogP contribution in [0.4, 0.5) is 0 Å². The van der Waals surface area contributed by atoms with E-state index in [4.69, 9.17) is 28.4 Å². The molecule has 3 heterocycles. The second-order valence-electron chi connectivity index (χ2n) is 20.3. The number of ketones is 2. The van der Waals surface area contributed by atoms with Crippen molar-refractivity contribution in [1.82, 2.24) is 10.2 Å². The summed E-state index contributed by atoms with van der Waals surface area (Å²) >= 11 is 0. The Hall–Kier alpha value is -3.31. The van der Waals surface area contributed by atoms with E-state index < -0.39 is 102 Å². The predicted octanol–water partition coefficient (Wildman–Crippen LogP) is 5.58. The SMILES string of the molecule is C=CC[C@@H]1/C=C(\C)C[C@H](C)C[C@H](OC)[C@H]2O[C@@](NCC(=O)OC(C)(C)C)(C(=O)C(=O)N3CCCC[C@H]3C(=O)O[C@H](/C(C)=C/[C@@H]3CC[C@@H](O)[C@H](OC)C3)[C@H](C)[C@@H](O)CC1=O)[C@H](C)C[C@@H]2OC. The van der Waals surface area contributed by atoms with E-state index in [2.05, 4.69) is 18.8 Å². The molecule has 3 fully saturated rings. The Morgan fingerprint density at radius 3 is 2.23 bits per heavy atom. The molecule has 4 aliphatic rings. The maximum atomic E-state index is 15.2. The summed E-state index contributed by atoms with van der Waals surface area (Å²) in [5.74, 6) is -5.62. The van der Waals surface area contributed by atoms with Crippen molar-refractivity contribution in [1.29, 1.82) is 0 Å².